The molecule has 0 aromatic heterocycles. The van der Waals surface area contributed by atoms with Crippen LogP contribution in [-0.4, -0.2) is 41.5 Å². The van der Waals surface area contributed by atoms with E-state index in [9.17, 15) is 9.90 Å². The van der Waals surface area contributed by atoms with E-state index in [-0.39, 0.29) is 12.4 Å². The van der Waals surface area contributed by atoms with Gasteiger partial charge in [-0.3, -0.25) is 9.69 Å². The number of Topliss-reactive ketones (excluding diaryl/α,β-unsaturated/α-hetero) is 1. The van der Waals surface area contributed by atoms with E-state index in [0.717, 1.165) is 12.8 Å². The summed E-state index contributed by atoms with van der Waals surface area (Å²) in [4.78, 5) is 14.5. The number of benzene rings is 1. The number of nitrogens with zero attached hydrogens (tertiary/aromatic N) is 1. The summed E-state index contributed by atoms with van der Waals surface area (Å²) in [6.45, 7) is 1.41. The number of carbonyl (C=O) groups excluding carboxylic acids is 1. The molecular weight excluding hydrogens is 309 g/mol. The summed E-state index contributed by atoms with van der Waals surface area (Å²) in [6, 6.07) is 5.63. The molecule has 5 heteroatoms. The summed E-state index contributed by atoms with van der Waals surface area (Å²) in [7, 11) is 0. The minimum atomic E-state index is 0.00318. The van der Waals surface area contributed by atoms with Crippen molar-refractivity contribution < 1.29 is 9.90 Å². The maximum atomic E-state index is 12.3. The van der Waals surface area contributed by atoms with E-state index < -0.39 is 0 Å². The van der Waals surface area contributed by atoms with E-state index in [1.165, 1.54) is 12.8 Å². The molecule has 0 amide bonds. The Kier molecular flexibility index (Phi) is 6.49. The van der Waals surface area contributed by atoms with E-state index in [1.54, 1.807) is 18.2 Å². The van der Waals surface area contributed by atoms with Crippen LogP contribution >= 0.6 is 23.2 Å². The molecule has 1 N–H and O–H groups in total. The highest BCUT2D eigenvalue weighted by Gasteiger charge is 2.23. The molecule has 1 aliphatic rings. The Balaban J connectivity index is 1.96. The minimum Gasteiger partial charge on any atom is -0.395 e. The molecule has 1 aliphatic carbocycles. The van der Waals surface area contributed by atoms with Crippen LogP contribution in [0.1, 0.15) is 42.5 Å². The molecule has 21 heavy (non-hydrogen) atoms. The summed E-state index contributed by atoms with van der Waals surface area (Å²) < 4.78 is 0. The lowest BCUT2D eigenvalue weighted by Gasteiger charge is -2.27. The maximum absolute atomic E-state index is 12.3. The first-order valence-corrected chi connectivity index (χ1v) is 8.21. The van der Waals surface area contributed by atoms with E-state index in [1.807, 2.05) is 0 Å². The van der Waals surface area contributed by atoms with Crippen LogP contribution in [0.5, 0.6) is 0 Å². The molecule has 2 rings (SSSR count). The van der Waals surface area contributed by atoms with Gasteiger partial charge in [-0.25, -0.2) is 0 Å². The van der Waals surface area contributed by atoms with Gasteiger partial charge in [0, 0.05) is 31.1 Å². The van der Waals surface area contributed by atoms with Crippen molar-refractivity contribution in [2.24, 2.45) is 0 Å². The number of hydrogen-bond acceptors (Lipinski definition) is 3. The van der Waals surface area contributed by atoms with Crippen LogP contribution in [0.25, 0.3) is 0 Å². The summed E-state index contributed by atoms with van der Waals surface area (Å²) >= 11 is 12.0. The SMILES string of the molecule is O=C(CCN(CCO)C1CCCC1)c1cccc(Cl)c1Cl. The molecule has 3 nitrogen and oxygen atoms in total. The van der Waals surface area contributed by atoms with Gasteiger partial charge in [-0.2, -0.15) is 0 Å². The topological polar surface area (TPSA) is 40.5 Å². The van der Waals surface area contributed by atoms with Gasteiger partial charge in [0.15, 0.2) is 5.78 Å². The first kappa shape index (κ1) is 16.8. The normalized spacial score (nSPS) is 15.8. The number of carbonyl (C=O) groups is 1. The van der Waals surface area contributed by atoms with Crippen LogP contribution in [0, 0.1) is 0 Å². The number of ketones is 1. The van der Waals surface area contributed by atoms with Crippen molar-refractivity contribution in [3.05, 3.63) is 33.8 Å². The van der Waals surface area contributed by atoms with Crippen LogP contribution in [0.4, 0.5) is 0 Å². The highest BCUT2D eigenvalue weighted by atomic mass is 35.5. The number of aliphatic hydroxyl groups excluding tert-OH is 1. The third-order valence-electron chi connectivity index (χ3n) is 4.11. The zero-order valence-corrected chi connectivity index (χ0v) is 13.5. The maximum Gasteiger partial charge on any atom is 0.165 e. The van der Waals surface area contributed by atoms with Gasteiger partial charge in [0.2, 0.25) is 0 Å². The largest absolute Gasteiger partial charge is 0.395 e. The van der Waals surface area contributed by atoms with E-state index >= 15 is 0 Å². The van der Waals surface area contributed by atoms with Crippen LogP contribution in [-0.2, 0) is 0 Å². The van der Waals surface area contributed by atoms with Crippen molar-refractivity contribution in [2.45, 2.75) is 38.1 Å². The van der Waals surface area contributed by atoms with Gasteiger partial charge in [0.05, 0.1) is 16.7 Å². The van der Waals surface area contributed by atoms with Crippen molar-refractivity contribution in [1.82, 2.24) is 4.90 Å². The Hall–Kier alpha value is -0.610. The van der Waals surface area contributed by atoms with Crippen LogP contribution < -0.4 is 0 Å². The number of halogens is 2. The lowest BCUT2D eigenvalue weighted by atomic mass is 10.1. The van der Waals surface area contributed by atoms with Gasteiger partial charge < -0.3 is 5.11 Å². The highest BCUT2D eigenvalue weighted by molar-refractivity contribution is 6.43. The molecule has 1 fully saturated rings. The fourth-order valence-electron chi connectivity index (χ4n) is 2.97. The Labute approximate surface area is 135 Å². The van der Waals surface area contributed by atoms with E-state index in [2.05, 4.69) is 4.90 Å². The quantitative estimate of drug-likeness (QED) is 0.773. The smallest absolute Gasteiger partial charge is 0.165 e. The average molecular weight is 330 g/mol. The molecule has 1 aromatic rings. The standard InChI is InChI=1S/C16H21Cl2NO2/c17-14-7-3-6-13(16(14)18)15(21)8-9-19(10-11-20)12-4-1-2-5-12/h3,6-7,12,20H,1-2,4-5,8-11H2. The van der Waals surface area contributed by atoms with Gasteiger partial charge >= 0.3 is 0 Å². The number of hydrogen-bond donors (Lipinski definition) is 1. The molecule has 0 spiro atoms. The Morgan fingerprint density at radius 1 is 1.24 bits per heavy atom. The molecule has 1 saturated carbocycles. The van der Waals surface area contributed by atoms with Crippen molar-refractivity contribution in [3.8, 4) is 0 Å². The molecule has 116 valence electrons. The van der Waals surface area contributed by atoms with Crippen LogP contribution in [0.15, 0.2) is 18.2 Å². The summed E-state index contributed by atoms with van der Waals surface area (Å²) in [5.74, 6) is 0.00318. The second-order valence-electron chi connectivity index (χ2n) is 5.47. The van der Waals surface area contributed by atoms with Gasteiger partial charge in [-0.1, -0.05) is 42.1 Å². The fourth-order valence-corrected chi connectivity index (χ4v) is 3.38. The molecular formula is C16H21Cl2NO2. The molecule has 0 aliphatic heterocycles. The molecule has 1 aromatic carbocycles. The second kappa shape index (κ2) is 8.14. The molecule has 0 saturated heterocycles. The number of aliphatic hydroxyl groups is 1. The van der Waals surface area contributed by atoms with Crippen molar-refractivity contribution in [2.75, 3.05) is 19.7 Å². The summed E-state index contributed by atoms with van der Waals surface area (Å²) in [6.07, 6.45) is 5.19. The zero-order valence-electron chi connectivity index (χ0n) is 12.0. The van der Waals surface area contributed by atoms with Crippen LogP contribution in [0.2, 0.25) is 10.0 Å². The van der Waals surface area contributed by atoms with Crippen molar-refractivity contribution in [1.29, 1.82) is 0 Å². The highest BCUT2D eigenvalue weighted by Crippen LogP contribution is 2.27. The number of rotatable bonds is 7. The molecule has 0 bridgehead atoms. The van der Waals surface area contributed by atoms with E-state index in [4.69, 9.17) is 23.2 Å². The fraction of sp³-hybridized carbons (Fsp3) is 0.562. The third-order valence-corrected chi connectivity index (χ3v) is 4.93. The van der Waals surface area contributed by atoms with E-state index in [0.29, 0.717) is 41.2 Å². The third kappa shape index (κ3) is 4.43. The first-order chi connectivity index (χ1) is 10.1. The van der Waals surface area contributed by atoms with Crippen molar-refractivity contribution >= 4 is 29.0 Å². The lowest BCUT2D eigenvalue weighted by Crippen LogP contribution is -2.37. The molecule has 0 heterocycles. The predicted molar refractivity (Wildman–Crippen MR) is 86.3 cm³/mol. The Morgan fingerprint density at radius 3 is 2.62 bits per heavy atom. The molecule has 0 unspecified atom stereocenters. The summed E-state index contributed by atoms with van der Waals surface area (Å²) in [5, 5.41) is 9.93. The Bertz CT molecular complexity index is 487. The molecule has 0 radical (unpaired) electrons. The lowest BCUT2D eigenvalue weighted by molar-refractivity contribution is 0.0934. The second-order valence-corrected chi connectivity index (χ2v) is 6.26. The summed E-state index contributed by atoms with van der Waals surface area (Å²) in [5.41, 5.74) is 0.486. The predicted octanol–water partition coefficient (Wildman–Crippen LogP) is 3.80. The Morgan fingerprint density at radius 2 is 1.95 bits per heavy atom. The zero-order chi connectivity index (χ0) is 15.2. The molecule has 0 atom stereocenters. The van der Waals surface area contributed by atoms with Gasteiger partial charge in [-0.05, 0) is 25.0 Å². The van der Waals surface area contributed by atoms with Gasteiger partial charge in [0.25, 0.3) is 0 Å². The van der Waals surface area contributed by atoms with Crippen LogP contribution in [0.3, 0.4) is 0 Å². The van der Waals surface area contributed by atoms with Crippen molar-refractivity contribution in [3.63, 3.8) is 0 Å². The monoisotopic (exact) mass is 329 g/mol. The average Bonchev–Trinajstić information content (AvgIpc) is 3.00. The van der Waals surface area contributed by atoms with Gasteiger partial charge in [-0.15, -0.1) is 0 Å². The first-order valence-electron chi connectivity index (χ1n) is 7.45. The minimum absolute atomic E-state index is 0.00318. The van der Waals surface area contributed by atoms with Gasteiger partial charge in [0.1, 0.15) is 0 Å².